The highest BCUT2D eigenvalue weighted by atomic mass is 79.9. The smallest absolute Gasteiger partial charge is 0.246 e. The zero-order valence-electron chi connectivity index (χ0n) is 12.2. The number of rotatable bonds is 5. The summed E-state index contributed by atoms with van der Waals surface area (Å²) in [6, 6.07) is 9.41. The largest absolute Gasteiger partial charge is 0.496 e. The molecule has 0 saturated heterocycles. The van der Waals surface area contributed by atoms with Crippen molar-refractivity contribution in [1.29, 1.82) is 0 Å². The van der Waals surface area contributed by atoms with Crippen molar-refractivity contribution in [2.75, 3.05) is 14.2 Å². The zero-order valence-corrected chi connectivity index (χ0v) is 15.3. The molecule has 0 spiro atoms. The minimum absolute atomic E-state index is 0.0773. The van der Waals surface area contributed by atoms with Gasteiger partial charge in [-0.25, -0.2) is 0 Å². The number of halogens is 2. The molecule has 1 aromatic heterocycles. The molecule has 1 aromatic carbocycles. The third-order valence-corrected chi connectivity index (χ3v) is 4.70. The predicted molar refractivity (Wildman–Crippen MR) is 95.5 cm³/mol. The molecule has 0 saturated carbocycles. The Morgan fingerprint density at radius 1 is 1.41 bits per heavy atom. The van der Waals surface area contributed by atoms with E-state index in [2.05, 4.69) is 15.9 Å². The highest BCUT2D eigenvalue weighted by Crippen LogP contribution is 2.25. The third kappa shape index (κ3) is 4.60. The molecule has 3 nitrogen and oxygen atoms in total. The molecule has 1 heterocycles. The average molecular weight is 401 g/mol. The monoisotopic (exact) mass is 399 g/mol. The Kier molecular flexibility index (Phi) is 6.06. The van der Waals surface area contributed by atoms with E-state index < -0.39 is 0 Å². The second-order valence-corrected chi connectivity index (χ2v) is 7.34. The van der Waals surface area contributed by atoms with Crippen LogP contribution in [0.15, 0.2) is 40.9 Å². The van der Waals surface area contributed by atoms with Crippen molar-refractivity contribution in [3.63, 3.8) is 0 Å². The van der Waals surface area contributed by atoms with Crippen LogP contribution in [0, 0.1) is 0 Å². The van der Waals surface area contributed by atoms with E-state index in [4.69, 9.17) is 16.3 Å². The number of ether oxygens (including phenoxy) is 1. The molecule has 2 rings (SSSR count). The number of hydrogen-bond donors (Lipinski definition) is 0. The fraction of sp³-hybridized carbons (Fsp3) is 0.188. The van der Waals surface area contributed by atoms with Gasteiger partial charge in [0.15, 0.2) is 0 Å². The summed E-state index contributed by atoms with van der Waals surface area (Å²) >= 11 is 10.8. The van der Waals surface area contributed by atoms with Crippen LogP contribution < -0.4 is 4.74 Å². The Labute approximate surface area is 147 Å². The van der Waals surface area contributed by atoms with Gasteiger partial charge in [-0.05, 0) is 36.4 Å². The maximum absolute atomic E-state index is 12.2. The molecule has 0 fully saturated rings. The number of thiophene rings is 1. The first-order valence-corrected chi connectivity index (χ1v) is 8.49. The van der Waals surface area contributed by atoms with Crippen LogP contribution in [0.3, 0.4) is 0 Å². The highest BCUT2D eigenvalue weighted by Gasteiger charge is 2.08. The first-order valence-electron chi connectivity index (χ1n) is 6.50. The number of likely N-dealkylation sites (N-methyl/N-ethyl adjacent to an activating group) is 1. The number of nitrogens with zero attached hydrogens (tertiary/aromatic N) is 1. The van der Waals surface area contributed by atoms with E-state index in [9.17, 15) is 4.79 Å². The van der Waals surface area contributed by atoms with E-state index in [1.165, 1.54) is 11.3 Å². The minimum atomic E-state index is -0.0773. The van der Waals surface area contributed by atoms with Crippen molar-refractivity contribution >= 4 is 50.9 Å². The van der Waals surface area contributed by atoms with Gasteiger partial charge in [-0.3, -0.25) is 4.79 Å². The zero-order chi connectivity index (χ0) is 16.1. The lowest BCUT2D eigenvalue weighted by Crippen LogP contribution is -2.23. The van der Waals surface area contributed by atoms with Gasteiger partial charge in [-0.2, -0.15) is 0 Å². The predicted octanol–water partition coefficient (Wildman–Crippen LogP) is 4.84. The second kappa shape index (κ2) is 7.81. The van der Waals surface area contributed by atoms with E-state index in [-0.39, 0.29) is 5.91 Å². The Balaban J connectivity index is 2.06. The molecule has 22 heavy (non-hydrogen) atoms. The van der Waals surface area contributed by atoms with Crippen LogP contribution in [0.1, 0.15) is 10.4 Å². The lowest BCUT2D eigenvalue weighted by Gasteiger charge is -2.13. The molecular formula is C16H15BrClNO2S. The van der Waals surface area contributed by atoms with Crippen LogP contribution in [0.2, 0.25) is 4.34 Å². The molecule has 1 amide bonds. The Morgan fingerprint density at radius 3 is 2.82 bits per heavy atom. The Bertz CT molecular complexity index is 699. The summed E-state index contributed by atoms with van der Waals surface area (Å²) in [5.41, 5.74) is 0.845. The molecule has 0 aliphatic carbocycles. The van der Waals surface area contributed by atoms with Gasteiger partial charge in [0, 0.05) is 28.0 Å². The summed E-state index contributed by atoms with van der Waals surface area (Å²) in [6.45, 7) is 0.538. The van der Waals surface area contributed by atoms with E-state index in [0.29, 0.717) is 6.54 Å². The Hall–Kier alpha value is -1.30. The average Bonchev–Trinajstić information content (AvgIpc) is 2.90. The van der Waals surface area contributed by atoms with Gasteiger partial charge in [-0.15, -0.1) is 11.3 Å². The van der Waals surface area contributed by atoms with Crippen LogP contribution >= 0.6 is 38.9 Å². The highest BCUT2D eigenvalue weighted by molar-refractivity contribution is 9.10. The topological polar surface area (TPSA) is 29.5 Å². The van der Waals surface area contributed by atoms with Crippen LogP contribution in [-0.2, 0) is 11.3 Å². The third-order valence-electron chi connectivity index (χ3n) is 3.00. The van der Waals surface area contributed by atoms with Gasteiger partial charge in [0.05, 0.1) is 18.0 Å². The van der Waals surface area contributed by atoms with E-state index in [1.807, 2.05) is 30.3 Å². The first kappa shape index (κ1) is 17.1. The fourth-order valence-corrected chi connectivity index (χ4v) is 3.39. The molecule has 116 valence electrons. The van der Waals surface area contributed by atoms with Crippen molar-refractivity contribution in [2.24, 2.45) is 0 Å². The van der Waals surface area contributed by atoms with Crippen LogP contribution in [0.5, 0.6) is 5.75 Å². The standard InChI is InChI=1S/C16H15BrClNO2S/c1-19(10-13-5-7-15(18)22-13)16(20)8-3-11-9-12(17)4-6-14(11)21-2/h3-9H,10H2,1-2H3/b8-3+. The summed E-state index contributed by atoms with van der Waals surface area (Å²) in [7, 11) is 3.37. The summed E-state index contributed by atoms with van der Waals surface area (Å²) in [4.78, 5) is 14.9. The fourth-order valence-electron chi connectivity index (χ4n) is 1.87. The molecule has 0 radical (unpaired) electrons. The molecule has 0 unspecified atom stereocenters. The van der Waals surface area contributed by atoms with Crippen molar-refractivity contribution < 1.29 is 9.53 Å². The van der Waals surface area contributed by atoms with Crippen LogP contribution in [0.25, 0.3) is 6.08 Å². The number of methoxy groups -OCH3 is 1. The van der Waals surface area contributed by atoms with Crippen molar-refractivity contribution in [3.8, 4) is 5.75 Å². The quantitative estimate of drug-likeness (QED) is 0.672. The van der Waals surface area contributed by atoms with E-state index in [1.54, 1.807) is 31.2 Å². The van der Waals surface area contributed by atoms with Gasteiger partial charge in [-0.1, -0.05) is 27.5 Å². The maximum atomic E-state index is 12.2. The van der Waals surface area contributed by atoms with Crippen molar-refractivity contribution in [1.82, 2.24) is 4.90 Å². The number of carbonyl (C=O) groups excluding carboxylic acids is 1. The molecule has 0 bridgehead atoms. The molecule has 0 aliphatic rings. The molecule has 6 heteroatoms. The number of benzene rings is 1. The first-order chi connectivity index (χ1) is 10.5. The maximum Gasteiger partial charge on any atom is 0.246 e. The summed E-state index contributed by atoms with van der Waals surface area (Å²) in [6.07, 6.45) is 3.29. The van der Waals surface area contributed by atoms with E-state index >= 15 is 0 Å². The lowest BCUT2D eigenvalue weighted by molar-refractivity contribution is -0.125. The minimum Gasteiger partial charge on any atom is -0.496 e. The van der Waals surface area contributed by atoms with Gasteiger partial charge in [0.1, 0.15) is 5.75 Å². The molecule has 0 aliphatic heterocycles. The van der Waals surface area contributed by atoms with Gasteiger partial charge < -0.3 is 9.64 Å². The van der Waals surface area contributed by atoms with E-state index in [0.717, 1.165) is 25.0 Å². The number of hydrogen-bond acceptors (Lipinski definition) is 3. The second-order valence-electron chi connectivity index (χ2n) is 4.62. The van der Waals surface area contributed by atoms with Gasteiger partial charge >= 0.3 is 0 Å². The van der Waals surface area contributed by atoms with Gasteiger partial charge in [0.25, 0.3) is 0 Å². The van der Waals surface area contributed by atoms with Crippen molar-refractivity contribution in [2.45, 2.75) is 6.54 Å². The molecular weight excluding hydrogens is 386 g/mol. The molecule has 0 atom stereocenters. The normalized spacial score (nSPS) is 10.9. The molecule has 0 N–H and O–H groups in total. The summed E-state index contributed by atoms with van der Waals surface area (Å²) in [5.74, 6) is 0.645. The lowest BCUT2D eigenvalue weighted by atomic mass is 10.2. The molecule has 2 aromatic rings. The van der Waals surface area contributed by atoms with Crippen LogP contribution in [0.4, 0.5) is 0 Å². The SMILES string of the molecule is COc1ccc(Br)cc1/C=C/C(=O)N(C)Cc1ccc(Cl)s1. The summed E-state index contributed by atoms with van der Waals surface area (Å²) < 4.78 is 6.94. The van der Waals surface area contributed by atoms with Crippen LogP contribution in [-0.4, -0.2) is 25.0 Å². The number of amides is 1. The Morgan fingerprint density at radius 2 is 2.18 bits per heavy atom. The number of carbonyl (C=O) groups is 1. The van der Waals surface area contributed by atoms with Gasteiger partial charge in [0.2, 0.25) is 5.91 Å². The summed E-state index contributed by atoms with van der Waals surface area (Å²) in [5, 5.41) is 0. The van der Waals surface area contributed by atoms with Crippen molar-refractivity contribution in [3.05, 3.63) is 55.7 Å².